The van der Waals surface area contributed by atoms with Crippen molar-refractivity contribution in [1.82, 2.24) is 44.6 Å². The standard InChI is InChI=1S/2C19H16N4.C12H10N4.3C10H10N2.3Ir/c1-14-8-6-7-11-16(14)18-20-12-17-19(21-18)22(2)13-23(17)15-9-4-3-5-10-15;1-14-8-6-7-11-16(14)18-20-12-17-19(21-18)23(13-22(17)2)15-9-4-3-5-10-15;1-15-9-16(10-5-3-2-4-6-10)12-11(15)7-13-8-14-12;3*1-11-7-8-12(9-11)10-5-3-2-4-6-10;;;/h2*3-9,11-13H,1-2H3;2-5,7-9H,1H3;3*2-5,7-9H,1H3;;;/q6*-2;;;. The second-order valence-electron chi connectivity index (χ2n) is 22.9. The third kappa shape index (κ3) is 18.8. The zero-order valence-corrected chi connectivity index (χ0v) is 63.9. The molecule has 8 aromatic carbocycles. The Morgan fingerprint density at radius 3 is 1.02 bits per heavy atom. The molecule has 0 bridgehead atoms. The zero-order chi connectivity index (χ0) is 67.7. The van der Waals surface area contributed by atoms with E-state index >= 15 is 0 Å². The summed E-state index contributed by atoms with van der Waals surface area (Å²) in [6.45, 7) is 16.2. The van der Waals surface area contributed by atoms with Crippen LogP contribution >= 0.6 is 0 Å². The first-order valence-corrected chi connectivity index (χ1v) is 31.6. The van der Waals surface area contributed by atoms with Crippen LogP contribution in [0.1, 0.15) is 11.1 Å². The van der Waals surface area contributed by atoms with Crippen LogP contribution in [0.3, 0.4) is 0 Å². The molecule has 11 aromatic rings. The first-order chi connectivity index (χ1) is 47.9. The number of anilines is 12. The van der Waals surface area contributed by atoms with Crippen LogP contribution in [0, 0.1) is 90.3 Å². The van der Waals surface area contributed by atoms with Gasteiger partial charge >= 0.3 is 0 Å². The Kier molecular flexibility index (Phi) is 26.9. The molecule has 0 atom stereocenters. The number of benzene rings is 8. The number of aromatic nitrogens is 6. The molecule has 17 rings (SSSR count). The Morgan fingerprint density at radius 1 is 0.307 bits per heavy atom. The molecule has 101 heavy (non-hydrogen) atoms. The van der Waals surface area contributed by atoms with E-state index in [0.717, 1.165) is 91.4 Å². The summed E-state index contributed by atoms with van der Waals surface area (Å²) in [6.07, 6.45) is 19.1. The van der Waals surface area contributed by atoms with E-state index in [4.69, 9.17) is 9.97 Å². The molecule has 21 heteroatoms. The molecule has 0 spiro atoms. The van der Waals surface area contributed by atoms with Crippen molar-refractivity contribution in [2.75, 3.05) is 86.4 Å². The summed E-state index contributed by atoms with van der Waals surface area (Å²) in [7, 11) is 12.0. The van der Waals surface area contributed by atoms with Gasteiger partial charge in [0.1, 0.15) is 23.8 Å². The second kappa shape index (κ2) is 36.2. The quantitative estimate of drug-likeness (QED) is 0.134. The van der Waals surface area contributed by atoms with Gasteiger partial charge in [-0.1, -0.05) is 48.5 Å². The predicted molar refractivity (Wildman–Crippen MR) is 394 cm³/mol. The SMILES string of the molecule is CN1C=CN(c2[c-]cccc2)[CH-]1.CN1C=CN(c2[c-]cccc2)[CH-]1.CN1C=CN(c2[c-]cccc2)[CH-]1.CN1[CH-]N(c2[c-]cccc2)c2ncncc21.Cc1ccccc1-c1ncc2c(n1)N(C)[CH-]N2c1[c-]cccc1.Cc1ccccc1-c1ncc2c(n1)N(c1[c-]cccc1)[CH-]N2C.[Ir].[Ir].[Ir]. The fourth-order valence-electron chi connectivity index (χ4n) is 10.7. The van der Waals surface area contributed by atoms with Gasteiger partial charge in [-0.15, -0.1) is 34.1 Å². The van der Waals surface area contributed by atoms with Crippen molar-refractivity contribution in [2.24, 2.45) is 0 Å². The van der Waals surface area contributed by atoms with Crippen molar-refractivity contribution in [2.45, 2.75) is 13.8 Å². The third-order valence-electron chi connectivity index (χ3n) is 15.7. The summed E-state index contributed by atoms with van der Waals surface area (Å²) < 4.78 is 0. The van der Waals surface area contributed by atoms with Gasteiger partial charge in [-0.25, -0.2) is 29.9 Å². The number of fused-ring (bicyclic) bond motifs is 3. The fourth-order valence-corrected chi connectivity index (χ4v) is 10.7. The molecule has 0 aliphatic carbocycles. The molecule has 3 radical (unpaired) electrons. The Balaban J connectivity index is 0.000000144. The first kappa shape index (κ1) is 75.0. The second-order valence-corrected chi connectivity index (χ2v) is 22.9. The van der Waals surface area contributed by atoms with Gasteiger partial charge in [-0.2, -0.15) is 222 Å². The van der Waals surface area contributed by atoms with Gasteiger partial charge in [0, 0.05) is 71.4 Å². The third-order valence-corrected chi connectivity index (χ3v) is 15.7. The molecule has 0 fully saturated rings. The summed E-state index contributed by atoms with van der Waals surface area (Å²) >= 11 is 0. The molecule has 0 saturated heterocycles. The van der Waals surface area contributed by atoms with Gasteiger partial charge in [0.15, 0.2) is 11.6 Å². The van der Waals surface area contributed by atoms with Gasteiger partial charge in [0.05, 0.1) is 35.7 Å². The van der Waals surface area contributed by atoms with Gasteiger partial charge in [0.2, 0.25) is 0 Å². The Labute approximate surface area is 635 Å². The van der Waals surface area contributed by atoms with Crippen molar-refractivity contribution in [3.8, 4) is 22.8 Å². The van der Waals surface area contributed by atoms with Crippen molar-refractivity contribution in [3.63, 3.8) is 0 Å². The van der Waals surface area contributed by atoms with Crippen molar-refractivity contribution in [3.05, 3.63) is 344 Å². The Morgan fingerprint density at radius 2 is 0.644 bits per heavy atom. The normalized spacial score (nSPS) is 13.9. The van der Waals surface area contributed by atoms with Crippen LogP contribution in [-0.4, -0.2) is 86.9 Å². The average Bonchev–Trinajstić information content (AvgIpc) is 1.66. The minimum Gasteiger partial charge on any atom is -0.510 e. The predicted octanol–water partition coefficient (Wildman–Crippen LogP) is 15.4. The van der Waals surface area contributed by atoms with Crippen LogP contribution in [0.15, 0.2) is 256 Å². The van der Waals surface area contributed by atoms with Crippen molar-refractivity contribution >= 4 is 68.6 Å². The van der Waals surface area contributed by atoms with E-state index in [1.807, 2.05) is 362 Å². The number of hydrogen-bond donors (Lipinski definition) is 0. The van der Waals surface area contributed by atoms with Crippen LogP contribution in [0.5, 0.6) is 0 Å². The van der Waals surface area contributed by atoms with Gasteiger partial charge in [0.25, 0.3) is 0 Å². The minimum absolute atomic E-state index is 0. The van der Waals surface area contributed by atoms with Crippen molar-refractivity contribution in [1.29, 1.82) is 0 Å². The maximum absolute atomic E-state index is 4.81. The molecule has 0 unspecified atom stereocenters. The van der Waals surface area contributed by atoms with Crippen LogP contribution in [0.2, 0.25) is 0 Å². The number of para-hydroxylation sites is 6. The molecular weight excluding hydrogens is 1790 g/mol. The molecular formula is C80H72Ir3N18-12. The van der Waals surface area contributed by atoms with E-state index in [-0.39, 0.29) is 60.3 Å². The van der Waals surface area contributed by atoms with Crippen LogP contribution in [0.4, 0.5) is 68.6 Å². The molecule has 3 aromatic heterocycles. The van der Waals surface area contributed by atoms with E-state index in [9.17, 15) is 0 Å². The molecule has 9 heterocycles. The molecule has 0 N–H and O–H groups in total. The number of hydrogen-bond acceptors (Lipinski definition) is 18. The Bertz CT molecular complexity index is 4310. The summed E-state index contributed by atoms with van der Waals surface area (Å²) in [5.74, 6) is 4.16. The van der Waals surface area contributed by atoms with Crippen LogP contribution in [0.25, 0.3) is 22.8 Å². The van der Waals surface area contributed by atoms with Crippen molar-refractivity contribution < 1.29 is 60.3 Å². The van der Waals surface area contributed by atoms with E-state index in [1.165, 1.54) is 11.1 Å². The largest absolute Gasteiger partial charge is 0.510 e. The molecule has 0 saturated carbocycles. The maximum atomic E-state index is 4.81. The van der Waals surface area contributed by atoms with E-state index in [2.05, 4.69) is 99.3 Å². The molecule has 6 aliphatic heterocycles. The van der Waals surface area contributed by atoms with Gasteiger partial charge < -0.3 is 58.8 Å². The summed E-state index contributed by atoms with van der Waals surface area (Å²) in [5, 5.41) is 0. The zero-order valence-electron chi connectivity index (χ0n) is 56.8. The molecule has 521 valence electrons. The van der Waals surface area contributed by atoms with E-state index < -0.39 is 0 Å². The Hall–Kier alpha value is -10.2. The van der Waals surface area contributed by atoms with Gasteiger partial charge in [-0.3, -0.25) is 0 Å². The molecule has 0 amide bonds. The summed E-state index contributed by atoms with van der Waals surface area (Å²) in [4.78, 5) is 51.2. The minimum atomic E-state index is 0. The van der Waals surface area contributed by atoms with Crippen LogP contribution in [-0.2, 0) is 60.3 Å². The maximum Gasteiger partial charge on any atom is 0.161 e. The average molecular weight is 1860 g/mol. The van der Waals surface area contributed by atoms with E-state index in [0.29, 0.717) is 0 Å². The smallest absolute Gasteiger partial charge is 0.161 e. The topological polar surface area (TPSA) is 116 Å². The number of rotatable bonds is 8. The summed E-state index contributed by atoms with van der Waals surface area (Å²) in [6, 6.07) is 82.8. The van der Waals surface area contributed by atoms with E-state index in [1.54, 1.807) is 6.33 Å². The summed E-state index contributed by atoms with van der Waals surface area (Å²) in [5.41, 5.74) is 13.5. The number of aryl methyl sites for hydroxylation is 2. The van der Waals surface area contributed by atoms with Crippen LogP contribution < -0.4 is 44.1 Å². The molecule has 6 aliphatic rings. The first-order valence-electron chi connectivity index (χ1n) is 31.6. The fraction of sp³-hybridized carbons (Fsp3) is 0.100. The van der Waals surface area contributed by atoms with Gasteiger partial charge in [-0.05, 0) is 104 Å². The monoisotopic (exact) mass is 1860 g/mol. The molecule has 18 nitrogen and oxygen atoms in total. The number of nitrogens with zero attached hydrogens (tertiary/aromatic N) is 18.